The summed E-state index contributed by atoms with van der Waals surface area (Å²) >= 11 is 3.24. The van der Waals surface area contributed by atoms with E-state index < -0.39 is 0 Å². The molecule has 0 saturated carbocycles. The number of nitrogens with zero attached hydrogens (tertiary/aromatic N) is 2. The Kier molecular flexibility index (Phi) is 4.82. The number of thioether (sulfide) groups is 1. The quantitative estimate of drug-likeness (QED) is 0.249. The van der Waals surface area contributed by atoms with Gasteiger partial charge in [0.2, 0.25) is 3.79 Å². The maximum Gasteiger partial charge on any atom is 0.222 e. The first-order chi connectivity index (χ1) is 9.52. The van der Waals surface area contributed by atoms with Crippen molar-refractivity contribution >= 4 is 49.0 Å². The number of allylic oxidation sites excluding steroid dienone is 3. The maximum atomic E-state index is 11.5. The number of carbonyl (C=O) groups is 1. The highest BCUT2D eigenvalue weighted by Crippen LogP contribution is 2.34. The molecule has 0 N–H and O–H groups in total. The molecule has 0 atom stereocenters. The van der Waals surface area contributed by atoms with Crippen LogP contribution < -0.4 is 0 Å². The summed E-state index contributed by atoms with van der Waals surface area (Å²) in [6, 6.07) is 6.08. The van der Waals surface area contributed by atoms with E-state index in [4.69, 9.17) is 0 Å². The number of hydrogen-bond donors (Lipinski definition) is 0. The van der Waals surface area contributed by atoms with Crippen LogP contribution in [0.15, 0.2) is 65.1 Å². The predicted molar refractivity (Wildman–Crippen MR) is 93.0 cm³/mol. The zero-order chi connectivity index (χ0) is 14.7. The molecule has 0 saturated heterocycles. The van der Waals surface area contributed by atoms with Gasteiger partial charge in [0.15, 0.2) is 0 Å². The average molecular weight is 396 g/mol. The second kappa shape index (κ2) is 6.41. The van der Waals surface area contributed by atoms with Gasteiger partial charge < -0.3 is 0 Å². The SMILES string of the molecule is C=C/C=C(/Sc1ccc2cnn(C)c2c1)C(=C)C(=O)I. The molecule has 0 aliphatic carbocycles. The molecule has 0 aliphatic heterocycles. The van der Waals surface area contributed by atoms with Crippen LogP contribution in [0.5, 0.6) is 0 Å². The van der Waals surface area contributed by atoms with E-state index in [1.807, 2.05) is 30.1 Å². The van der Waals surface area contributed by atoms with Crippen molar-refractivity contribution in [2.75, 3.05) is 0 Å². The molecule has 0 unspecified atom stereocenters. The Balaban J connectivity index is 2.35. The normalized spacial score (nSPS) is 11.6. The third kappa shape index (κ3) is 3.21. The first kappa shape index (κ1) is 15.1. The molecule has 1 heterocycles. The van der Waals surface area contributed by atoms with Gasteiger partial charge in [-0.2, -0.15) is 5.10 Å². The van der Waals surface area contributed by atoms with Gasteiger partial charge in [0.25, 0.3) is 0 Å². The van der Waals surface area contributed by atoms with E-state index >= 15 is 0 Å². The highest BCUT2D eigenvalue weighted by Gasteiger charge is 2.11. The van der Waals surface area contributed by atoms with Crippen molar-refractivity contribution < 1.29 is 4.79 Å². The van der Waals surface area contributed by atoms with Crippen molar-refractivity contribution in [3.63, 3.8) is 0 Å². The molecule has 0 bridgehead atoms. The topological polar surface area (TPSA) is 34.9 Å². The van der Waals surface area contributed by atoms with Gasteiger partial charge in [0.05, 0.1) is 11.7 Å². The molecule has 0 radical (unpaired) electrons. The number of rotatable bonds is 5. The Morgan fingerprint density at radius 3 is 2.90 bits per heavy atom. The summed E-state index contributed by atoms with van der Waals surface area (Å²) in [4.78, 5) is 13.3. The van der Waals surface area contributed by atoms with Gasteiger partial charge in [-0.15, -0.1) is 0 Å². The Morgan fingerprint density at radius 2 is 2.25 bits per heavy atom. The van der Waals surface area contributed by atoms with Gasteiger partial charge in [0, 0.05) is 50.4 Å². The van der Waals surface area contributed by atoms with Crippen LogP contribution in [0.3, 0.4) is 0 Å². The average Bonchev–Trinajstić information content (AvgIpc) is 2.79. The second-order valence-corrected chi connectivity index (χ2v) is 6.20. The minimum atomic E-state index is -0.0650. The third-order valence-electron chi connectivity index (χ3n) is 2.75. The standard InChI is InChI=1S/C15H13IN2OS/c1-4-5-14(10(2)15(16)19)20-12-7-6-11-9-17-18(3)13(11)8-12/h4-9H,1-2H2,3H3/b14-5+. The Hall–Kier alpha value is -1.34. The van der Waals surface area contributed by atoms with Gasteiger partial charge in [-0.3, -0.25) is 9.48 Å². The van der Waals surface area contributed by atoms with Crippen LogP contribution in [-0.2, 0) is 11.8 Å². The molecule has 0 spiro atoms. The van der Waals surface area contributed by atoms with Crippen LogP contribution >= 0.6 is 34.4 Å². The molecule has 5 heteroatoms. The fraction of sp³-hybridized carbons (Fsp3) is 0.0667. The highest BCUT2D eigenvalue weighted by molar-refractivity contribution is 14.1. The number of aromatic nitrogens is 2. The molecule has 3 nitrogen and oxygen atoms in total. The summed E-state index contributed by atoms with van der Waals surface area (Å²) < 4.78 is 1.76. The molecule has 20 heavy (non-hydrogen) atoms. The first-order valence-electron chi connectivity index (χ1n) is 5.84. The Morgan fingerprint density at radius 1 is 1.50 bits per heavy atom. The number of hydrogen-bond acceptors (Lipinski definition) is 3. The minimum absolute atomic E-state index is 0.0650. The van der Waals surface area contributed by atoms with Crippen LogP contribution in [0, 0.1) is 0 Å². The van der Waals surface area contributed by atoms with Crippen molar-refractivity contribution in [3.8, 4) is 0 Å². The van der Waals surface area contributed by atoms with E-state index in [0.29, 0.717) is 5.57 Å². The van der Waals surface area contributed by atoms with Crippen LogP contribution in [0.4, 0.5) is 0 Å². The van der Waals surface area contributed by atoms with Gasteiger partial charge in [0.1, 0.15) is 0 Å². The minimum Gasteiger partial charge on any atom is -0.282 e. The zero-order valence-corrected chi connectivity index (χ0v) is 13.9. The van der Waals surface area contributed by atoms with Gasteiger partial charge in [-0.05, 0) is 18.2 Å². The van der Waals surface area contributed by atoms with Crippen LogP contribution in [-0.4, -0.2) is 13.6 Å². The molecular formula is C15H13IN2OS. The van der Waals surface area contributed by atoms with Crippen LogP contribution in [0.1, 0.15) is 0 Å². The summed E-state index contributed by atoms with van der Waals surface area (Å²) in [5.41, 5.74) is 1.54. The number of fused-ring (bicyclic) bond motifs is 1. The smallest absolute Gasteiger partial charge is 0.222 e. The molecule has 2 aromatic rings. The summed E-state index contributed by atoms with van der Waals surface area (Å²) in [5, 5.41) is 5.31. The Labute approximate surface area is 135 Å². The Bertz CT molecular complexity index is 731. The van der Waals surface area contributed by atoms with E-state index in [1.165, 1.54) is 11.8 Å². The fourth-order valence-electron chi connectivity index (χ4n) is 1.71. The number of halogens is 1. The molecular weight excluding hydrogens is 383 g/mol. The molecule has 0 fully saturated rings. The van der Waals surface area contributed by atoms with Gasteiger partial charge in [-0.25, -0.2) is 0 Å². The number of benzene rings is 1. The summed E-state index contributed by atoms with van der Waals surface area (Å²) in [5.74, 6) is 0. The lowest BCUT2D eigenvalue weighted by Crippen LogP contribution is -1.93. The maximum absolute atomic E-state index is 11.5. The van der Waals surface area contributed by atoms with Crippen molar-refractivity contribution in [1.82, 2.24) is 9.78 Å². The van der Waals surface area contributed by atoms with Crippen molar-refractivity contribution in [2.24, 2.45) is 7.05 Å². The second-order valence-electron chi connectivity index (χ2n) is 4.11. The lowest BCUT2D eigenvalue weighted by molar-refractivity contribution is -0.106. The lowest BCUT2D eigenvalue weighted by Gasteiger charge is -2.07. The van der Waals surface area contributed by atoms with Crippen molar-refractivity contribution in [2.45, 2.75) is 4.90 Å². The van der Waals surface area contributed by atoms with E-state index in [0.717, 1.165) is 20.7 Å². The highest BCUT2D eigenvalue weighted by atomic mass is 127. The van der Waals surface area contributed by atoms with Crippen LogP contribution in [0.25, 0.3) is 10.9 Å². The van der Waals surface area contributed by atoms with E-state index in [2.05, 4.69) is 24.3 Å². The molecule has 0 amide bonds. The first-order valence-corrected chi connectivity index (χ1v) is 7.74. The molecule has 2 rings (SSSR count). The zero-order valence-electron chi connectivity index (χ0n) is 11.0. The molecule has 1 aromatic heterocycles. The summed E-state index contributed by atoms with van der Waals surface area (Å²) in [6.45, 7) is 7.51. The fourth-order valence-corrected chi connectivity index (χ4v) is 3.13. The van der Waals surface area contributed by atoms with Crippen LogP contribution in [0.2, 0.25) is 0 Å². The van der Waals surface area contributed by atoms with Crippen molar-refractivity contribution in [1.29, 1.82) is 0 Å². The largest absolute Gasteiger partial charge is 0.282 e. The lowest BCUT2D eigenvalue weighted by atomic mass is 10.2. The predicted octanol–water partition coefficient (Wildman–Crippen LogP) is 4.25. The summed E-state index contributed by atoms with van der Waals surface area (Å²) in [6.07, 6.45) is 5.30. The number of carbonyl (C=O) groups excluding carboxylic acids is 1. The van der Waals surface area contributed by atoms with E-state index in [-0.39, 0.29) is 3.79 Å². The number of aryl methyl sites for hydroxylation is 1. The van der Waals surface area contributed by atoms with Gasteiger partial charge in [-0.1, -0.05) is 37.1 Å². The monoisotopic (exact) mass is 396 g/mol. The third-order valence-corrected chi connectivity index (χ3v) is 4.50. The molecule has 1 aromatic carbocycles. The van der Waals surface area contributed by atoms with Crippen molar-refractivity contribution in [3.05, 3.63) is 60.2 Å². The van der Waals surface area contributed by atoms with E-state index in [9.17, 15) is 4.79 Å². The summed E-state index contributed by atoms with van der Waals surface area (Å²) in [7, 11) is 1.91. The van der Waals surface area contributed by atoms with Gasteiger partial charge >= 0.3 is 0 Å². The molecule has 102 valence electrons. The molecule has 0 aliphatic rings. The van der Waals surface area contributed by atoms with E-state index in [1.54, 1.807) is 34.7 Å².